The lowest BCUT2D eigenvalue weighted by molar-refractivity contribution is -0.139. The lowest BCUT2D eigenvalue weighted by Gasteiger charge is -2.42. The predicted octanol–water partition coefficient (Wildman–Crippen LogP) is 3.80. The lowest BCUT2D eigenvalue weighted by atomic mass is 9.90. The molecule has 2 aliphatic heterocycles. The lowest BCUT2D eigenvalue weighted by Crippen LogP contribution is -2.56. The second-order valence-corrected chi connectivity index (χ2v) is 9.94. The Balaban J connectivity index is 1.64. The van der Waals surface area contributed by atoms with E-state index in [1.807, 2.05) is 39.0 Å². The molecule has 9 heteroatoms. The second kappa shape index (κ2) is 11.3. The number of nitrogens with one attached hydrogen (secondary N) is 1. The number of hydrogen-bond acceptors (Lipinski definition) is 5. The summed E-state index contributed by atoms with van der Waals surface area (Å²) in [6.07, 6.45) is 0. The molecule has 1 saturated heterocycles. The van der Waals surface area contributed by atoms with Gasteiger partial charge in [0, 0.05) is 45.0 Å². The van der Waals surface area contributed by atoms with Crippen LogP contribution in [0.2, 0.25) is 0 Å². The first kappa shape index (κ1) is 27.3. The van der Waals surface area contributed by atoms with Gasteiger partial charge in [-0.15, -0.1) is 0 Å². The predicted molar refractivity (Wildman–Crippen MR) is 142 cm³/mol. The number of hydrogen-bond donors (Lipinski definition) is 1. The molecule has 1 fully saturated rings. The molecular formula is C29H35FN4O4. The van der Waals surface area contributed by atoms with Crippen LogP contribution in [0.15, 0.2) is 53.7 Å². The highest BCUT2D eigenvalue weighted by molar-refractivity contribution is 5.96. The number of urea groups is 1. The van der Waals surface area contributed by atoms with Crippen molar-refractivity contribution in [3.05, 3.63) is 81.8 Å². The molecule has 2 atom stereocenters. The first-order chi connectivity index (χ1) is 18.1. The van der Waals surface area contributed by atoms with Gasteiger partial charge in [-0.1, -0.05) is 35.9 Å². The number of rotatable bonds is 6. The average molecular weight is 523 g/mol. The Morgan fingerprint density at radius 1 is 1.13 bits per heavy atom. The molecule has 0 bridgehead atoms. The van der Waals surface area contributed by atoms with Crippen LogP contribution in [0.25, 0.3) is 0 Å². The molecule has 0 radical (unpaired) electrons. The largest absolute Gasteiger partial charge is 0.463 e. The smallest absolute Gasteiger partial charge is 0.338 e. The third kappa shape index (κ3) is 5.43. The Morgan fingerprint density at radius 3 is 2.55 bits per heavy atom. The van der Waals surface area contributed by atoms with Crippen LogP contribution in [-0.4, -0.2) is 78.5 Å². The Hall–Kier alpha value is -3.72. The van der Waals surface area contributed by atoms with Crippen molar-refractivity contribution in [1.82, 2.24) is 20.0 Å². The van der Waals surface area contributed by atoms with E-state index in [4.69, 9.17) is 4.74 Å². The quantitative estimate of drug-likeness (QED) is 0.584. The number of aryl methyl sites for hydroxylation is 2. The van der Waals surface area contributed by atoms with E-state index >= 15 is 0 Å². The molecule has 3 amide bonds. The fourth-order valence-corrected chi connectivity index (χ4v) is 5.18. The van der Waals surface area contributed by atoms with E-state index in [0.717, 1.165) is 16.7 Å². The van der Waals surface area contributed by atoms with Crippen molar-refractivity contribution in [2.45, 2.75) is 39.8 Å². The Morgan fingerprint density at radius 2 is 1.87 bits per heavy atom. The van der Waals surface area contributed by atoms with E-state index in [2.05, 4.69) is 10.2 Å². The molecule has 0 aliphatic carbocycles. The zero-order valence-corrected chi connectivity index (χ0v) is 22.6. The van der Waals surface area contributed by atoms with Crippen LogP contribution < -0.4 is 5.32 Å². The van der Waals surface area contributed by atoms with Gasteiger partial charge in [0.15, 0.2) is 0 Å². The monoisotopic (exact) mass is 522 g/mol. The van der Waals surface area contributed by atoms with E-state index < -0.39 is 17.8 Å². The number of piperazine rings is 1. The Kier molecular flexibility index (Phi) is 8.16. The van der Waals surface area contributed by atoms with Gasteiger partial charge >= 0.3 is 12.0 Å². The van der Waals surface area contributed by atoms with Crippen LogP contribution >= 0.6 is 0 Å². The normalized spacial score (nSPS) is 20.4. The summed E-state index contributed by atoms with van der Waals surface area (Å²) >= 11 is 0. The third-order valence-corrected chi connectivity index (χ3v) is 7.27. The molecule has 2 aromatic rings. The molecule has 8 nitrogen and oxygen atoms in total. The maximum absolute atomic E-state index is 14.2. The number of nitrogens with zero attached hydrogens (tertiary/aromatic N) is 3. The van der Waals surface area contributed by atoms with Gasteiger partial charge in [0.05, 0.1) is 23.8 Å². The number of halogens is 1. The van der Waals surface area contributed by atoms with Gasteiger partial charge in [-0.3, -0.25) is 14.6 Å². The van der Waals surface area contributed by atoms with Crippen LogP contribution in [0.5, 0.6) is 0 Å². The van der Waals surface area contributed by atoms with Gasteiger partial charge in [0.1, 0.15) is 5.82 Å². The summed E-state index contributed by atoms with van der Waals surface area (Å²) in [4.78, 5) is 44.7. The minimum atomic E-state index is -0.644. The van der Waals surface area contributed by atoms with Crippen molar-refractivity contribution in [3.63, 3.8) is 0 Å². The van der Waals surface area contributed by atoms with Crippen molar-refractivity contribution in [3.8, 4) is 0 Å². The molecule has 2 heterocycles. The zero-order valence-electron chi connectivity index (χ0n) is 22.6. The minimum Gasteiger partial charge on any atom is -0.463 e. The van der Waals surface area contributed by atoms with Gasteiger partial charge in [0.2, 0.25) is 0 Å². The van der Waals surface area contributed by atoms with Crippen molar-refractivity contribution in [2.24, 2.45) is 0 Å². The fourth-order valence-electron chi connectivity index (χ4n) is 5.18. The van der Waals surface area contributed by atoms with E-state index in [-0.39, 0.29) is 30.2 Å². The standard InChI is InChI=1S/C29H35FN4O4/c1-6-38-28(36)25-24(32(5)29(37)31-26(25)22-15-18(2)11-12-19(22)3)17-33-13-14-34(20(4)16-33)27(35)21-9-7-8-10-23(21)30/h7-12,15,20,26H,6,13-14,16-17H2,1-5H3,(H,31,37)/t20-,26-/m0/s1. The summed E-state index contributed by atoms with van der Waals surface area (Å²) in [5.74, 6) is -1.35. The Labute approximate surface area is 223 Å². The molecule has 2 aliphatic rings. The second-order valence-electron chi connectivity index (χ2n) is 9.94. The number of amides is 3. The summed E-state index contributed by atoms with van der Waals surface area (Å²) in [6, 6.07) is 10.8. The highest BCUT2D eigenvalue weighted by Crippen LogP contribution is 2.34. The highest BCUT2D eigenvalue weighted by atomic mass is 19.1. The number of carbonyl (C=O) groups excluding carboxylic acids is 3. The van der Waals surface area contributed by atoms with Gasteiger partial charge in [0.25, 0.3) is 5.91 Å². The third-order valence-electron chi connectivity index (χ3n) is 7.27. The maximum Gasteiger partial charge on any atom is 0.338 e. The van der Waals surface area contributed by atoms with Crippen LogP contribution in [0.3, 0.4) is 0 Å². The summed E-state index contributed by atoms with van der Waals surface area (Å²) in [5, 5.41) is 2.98. The number of esters is 1. The van der Waals surface area contributed by atoms with Crippen molar-refractivity contribution in [1.29, 1.82) is 0 Å². The van der Waals surface area contributed by atoms with Crippen LogP contribution in [0.4, 0.5) is 9.18 Å². The van der Waals surface area contributed by atoms with Gasteiger partial charge in [-0.25, -0.2) is 14.0 Å². The van der Waals surface area contributed by atoms with Crippen molar-refractivity contribution < 1.29 is 23.5 Å². The Bertz CT molecular complexity index is 1280. The van der Waals surface area contributed by atoms with E-state index in [1.54, 1.807) is 31.0 Å². The molecule has 4 rings (SSSR count). The van der Waals surface area contributed by atoms with E-state index in [0.29, 0.717) is 37.4 Å². The van der Waals surface area contributed by atoms with E-state index in [9.17, 15) is 18.8 Å². The first-order valence-electron chi connectivity index (χ1n) is 12.9. The average Bonchev–Trinajstić information content (AvgIpc) is 2.88. The topological polar surface area (TPSA) is 82.2 Å². The van der Waals surface area contributed by atoms with Crippen molar-refractivity contribution >= 4 is 17.9 Å². The fraction of sp³-hybridized carbons (Fsp3) is 0.414. The molecule has 0 unspecified atom stereocenters. The van der Waals surface area contributed by atoms with Gasteiger partial charge in [-0.2, -0.15) is 0 Å². The molecule has 2 aromatic carbocycles. The molecular weight excluding hydrogens is 487 g/mol. The summed E-state index contributed by atoms with van der Waals surface area (Å²) < 4.78 is 19.7. The first-order valence-corrected chi connectivity index (χ1v) is 12.9. The molecule has 0 aromatic heterocycles. The minimum absolute atomic E-state index is 0.0557. The molecule has 0 saturated carbocycles. The molecule has 202 valence electrons. The SMILES string of the molecule is CCOC(=O)C1=C(CN2CCN(C(=O)c3ccccc3F)[C@@H](C)C2)N(C)C(=O)N[C@H]1c1cc(C)ccc1C. The molecule has 1 N–H and O–H groups in total. The van der Waals surface area contributed by atoms with Crippen LogP contribution in [0, 0.1) is 19.7 Å². The summed E-state index contributed by atoms with van der Waals surface area (Å²) in [7, 11) is 1.64. The van der Waals surface area contributed by atoms with Gasteiger partial charge in [-0.05, 0) is 51.0 Å². The van der Waals surface area contributed by atoms with Crippen molar-refractivity contribution in [2.75, 3.05) is 39.8 Å². The number of likely N-dealkylation sites (N-methyl/N-ethyl adjacent to an activating group) is 1. The van der Waals surface area contributed by atoms with E-state index in [1.165, 1.54) is 17.0 Å². The van der Waals surface area contributed by atoms with Gasteiger partial charge < -0.3 is 15.0 Å². The van der Waals surface area contributed by atoms with Crippen LogP contribution in [0.1, 0.15) is 46.9 Å². The number of ether oxygens (including phenoxy) is 1. The molecule has 0 spiro atoms. The molecule has 38 heavy (non-hydrogen) atoms. The maximum atomic E-state index is 14.2. The van der Waals surface area contributed by atoms with Crippen LogP contribution in [-0.2, 0) is 9.53 Å². The zero-order chi connectivity index (χ0) is 27.6. The number of carbonyl (C=O) groups is 3. The summed E-state index contributed by atoms with van der Waals surface area (Å²) in [6.45, 7) is 9.54. The highest BCUT2D eigenvalue weighted by Gasteiger charge is 2.39. The summed E-state index contributed by atoms with van der Waals surface area (Å²) in [5.41, 5.74) is 3.86. The number of benzene rings is 2.